The number of alkyl carbamates (subject to hydrolysis) is 1. The molecule has 0 spiro atoms. The van der Waals surface area contributed by atoms with Gasteiger partial charge in [-0.25, -0.2) is 13.2 Å². The van der Waals surface area contributed by atoms with Crippen LogP contribution in [0.3, 0.4) is 0 Å². The van der Waals surface area contributed by atoms with E-state index in [2.05, 4.69) is 10.1 Å². The fourth-order valence-corrected chi connectivity index (χ4v) is 4.83. The van der Waals surface area contributed by atoms with E-state index in [9.17, 15) is 18.0 Å². The number of amides is 2. The normalized spacial score (nSPS) is 16.0. The topological polar surface area (TPSA) is 114 Å². The number of rotatable bonds is 8. The van der Waals surface area contributed by atoms with Gasteiger partial charge in [-0.3, -0.25) is 4.79 Å². The summed E-state index contributed by atoms with van der Waals surface area (Å²) in [6, 6.07) is 3.71. The first-order valence-electron chi connectivity index (χ1n) is 9.99. The van der Waals surface area contributed by atoms with Crippen LogP contribution in [0.15, 0.2) is 23.1 Å². The van der Waals surface area contributed by atoms with Crippen LogP contribution in [0.4, 0.5) is 4.79 Å². The number of carbonyl (C=O) groups is 2. The molecule has 1 atom stereocenters. The molecule has 0 bridgehead atoms. The summed E-state index contributed by atoms with van der Waals surface area (Å²) in [6.07, 6.45) is -0.216. The molecule has 1 heterocycles. The van der Waals surface area contributed by atoms with Crippen molar-refractivity contribution in [1.29, 1.82) is 0 Å². The Labute approximate surface area is 183 Å². The summed E-state index contributed by atoms with van der Waals surface area (Å²) in [6.45, 7) is 4.65. The number of nitrogens with one attached hydrogen (secondary N) is 1. The summed E-state index contributed by atoms with van der Waals surface area (Å²) in [5, 5.41) is 2.58. The van der Waals surface area contributed by atoms with Crippen LogP contribution in [0.5, 0.6) is 11.5 Å². The molecule has 2 amide bonds. The highest BCUT2D eigenvalue weighted by Gasteiger charge is 2.33. The third-order valence-electron chi connectivity index (χ3n) is 5.03. The van der Waals surface area contributed by atoms with Crippen LogP contribution >= 0.6 is 0 Å². The lowest BCUT2D eigenvalue weighted by Crippen LogP contribution is -2.56. The van der Waals surface area contributed by atoms with Crippen LogP contribution in [0.25, 0.3) is 0 Å². The van der Waals surface area contributed by atoms with E-state index in [1.807, 2.05) is 13.8 Å². The Morgan fingerprint density at radius 3 is 2.16 bits per heavy atom. The van der Waals surface area contributed by atoms with Crippen molar-refractivity contribution in [3.8, 4) is 11.5 Å². The van der Waals surface area contributed by atoms with Crippen molar-refractivity contribution < 1.29 is 32.2 Å². The SMILES string of the molecule is COC(=O)NC(CC(C)C)C(=O)N1CCN(S(=O)(=O)c2ccc(OC)c(OC)c2)CC1. The van der Waals surface area contributed by atoms with Gasteiger partial charge in [0.1, 0.15) is 6.04 Å². The van der Waals surface area contributed by atoms with Gasteiger partial charge in [0, 0.05) is 32.2 Å². The highest BCUT2D eigenvalue weighted by molar-refractivity contribution is 7.89. The van der Waals surface area contributed by atoms with Gasteiger partial charge in [-0.1, -0.05) is 13.8 Å². The summed E-state index contributed by atoms with van der Waals surface area (Å²) >= 11 is 0. The van der Waals surface area contributed by atoms with E-state index in [-0.39, 0.29) is 42.9 Å². The van der Waals surface area contributed by atoms with Gasteiger partial charge in [-0.15, -0.1) is 0 Å². The standard InChI is InChI=1S/C20H31N3O7S/c1-14(2)12-16(21-20(25)30-5)19(24)22-8-10-23(11-9-22)31(26,27)15-6-7-17(28-3)18(13-15)29-4/h6-7,13-14,16H,8-12H2,1-5H3,(H,21,25). The van der Waals surface area contributed by atoms with Crippen LogP contribution in [-0.4, -0.2) is 83.2 Å². The van der Waals surface area contributed by atoms with Crippen LogP contribution in [0, 0.1) is 5.92 Å². The van der Waals surface area contributed by atoms with Gasteiger partial charge in [0.25, 0.3) is 0 Å². The Balaban J connectivity index is 2.09. The van der Waals surface area contributed by atoms with E-state index in [0.717, 1.165) is 0 Å². The lowest BCUT2D eigenvalue weighted by molar-refractivity contribution is -0.135. The highest BCUT2D eigenvalue weighted by Crippen LogP contribution is 2.31. The van der Waals surface area contributed by atoms with E-state index in [1.54, 1.807) is 11.0 Å². The largest absolute Gasteiger partial charge is 0.493 e. The number of nitrogens with zero attached hydrogens (tertiary/aromatic N) is 2. The van der Waals surface area contributed by atoms with Gasteiger partial charge in [0.05, 0.1) is 26.2 Å². The van der Waals surface area contributed by atoms with Gasteiger partial charge in [0.2, 0.25) is 15.9 Å². The Bertz CT molecular complexity index is 881. The maximum absolute atomic E-state index is 13.0. The molecule has 10 nitrogen and oxygen atoms in total. The molecule has 1 N–H and O–H groups in total. The van der Waals surface area contributed by atoms with Crippen LogP contribution in [0.1, 0.15) is 20.3 Å². The van der Waals surface area contributed by atoms with Crippen molar-refractivity contribution in [1.82, 2.24) is 14.5 Å². The molecular formula is C20H31N3O7S. The Kier molecular flexibility index (Phi) is 8.52. The number of benzene rings is 1. The molecule has 0 aliphatic carbocycles. The molecule has 174 valence electrons. The summed E-state index contributed by atoms with van der Waals surface area (Å²) in [4.78, 5) is 26.2. The van der Waals surface area contributed by atoms with E-state index in [0.29, 0.717) is 17.9 Å². The Hall–Kier alpha value is -2.53. The zero-order chi connectivity index (χ0) is 23.2. The fourth-order valence-electron chi connectivity index (χ4n) is 3.39. The van der Waals surface area contributed by atoms with Crippen LogP contribution < -0.4 is 14.8 Å². The predicted molar refractivity (Wildman–Crippen MR) is 114 cm³/mol. The highest BCUT2D eigenvalue weighted by atomic mass is 32.2. The number of ether oxygens (including phenoxy) is 3. The molecule has 2 rings (SSSR count). The quantitative estimate of drug-likeness (QED) is 0.626. The van der Waals surface area contributed by atoms with Crippen molar-refractivity contribution in [2.75, 3.05) is 47.5 Å². The molecule has 1 aliphatic rings. The average molecular weight is 458 g/mol. The molecular weight excluding hydrogens is 426 g/mol. The van der Waals surface area contributed by atoms with Gasteiger partial charge in [-0.2, -0.15) is 4.31 Å². The van der Waals surface area contributed by atoms with E-state index in [1.165, 1.54) is 37.8 Å². The summed E-state index contributed by atoms with van der Waals surface area (Å²) in [5.41, 5.74) is 0. The molecule has 1 aromatic rings. The molecule has 1 aromatic carbocycles. The van der Waals surface area contributed by atoms with Crippen LogP contribution in [0.2, 0.25) is 0 Å². The first-order chi connectivity index (χ1) is 14.6. The lowest BCUT2D eigenvalue weighted by atomic mass is 10.0. The second kappa shape index (κ2) is 10.7. The third-order valence-corrected chi connectivity index (χ3v) is 6.92. The Morgan fingerprint density at radius 2 is 1.65 bits per heavy atom. The van der Waals surface area contributed by atoms with Crippen molar-refractivity contribution in [3.05, 3.63) is 18.2 Å². The first-order valence-corrected chi connectivity index (χ1v) is 11.4. The smallest absolute Gasteiger partial charge is 0.407 e. The molecule has 1 fully saturated rings. The number of hydrogen-bond acceptors (Lipinski definition) is 7. The van der Waals surface area contributed by atoms with E-state index >= 15 is 0 Å². The van der Waals surface area contributed by atoms with Crippen molar-refractivity contribution in [2.45, 2.75) is 31.2 Å². The van der Waals surface area contributed by atoms with Crippen molar-refractivity contribution in [2.24, 2.45) is 5.92 Å². The maximum Gasteiger partial charge on any atom is 0.407 e. The molecule has 1 aliphatic heterocycles. The summed E-state index contributed by atoms with van der Waals surface area (Å²) in [5.74, 6) is 0.689. The van der Waals surface area contributed by atoms with Gasteiger partial charge < -0.3 is 24.4 Å². The number of methoxy groups -OCH3 is 3. The Morgan fingerprint density at radius 1 is 1.03 bits per heavy atom. The second-order valence-corrected chi connectivity index (χ2v) is 9.50. The first kappa shape index (κ1) is 24.7. The number of sulfonamides is 1. The monoisotopic (exact) mass is 457 g/mol. The third kappa shape index (κ3) is 6.01. The molecule has 0 saturated carbocycles. The summed E-state index contributed by atoms with van der Waals surface area (Å²) < 4.78 is 42.4. The zero-order valence-electron chi connectivity index (χ0n) is 18.6. The molecule has 0 radical (unpaired) electrons. The van der Waals surface area contributed by atoms with E-state index < -0.39 is 22.2 Å². The average Bonchev–Trinajstić information content (AvgIpc) is 2.77. The van der Waals surface area contributed by atoms with Gasteiger partial charge in [-0.05, 0) is 24.5 Å². The number of piperazine rings is 1. The number of carbonyl (C=O) groups excluding carboxylic acids is 2. The van der Waals surface area contributed by atoms with Crippen LogP contribution in [-0.2, 0) is 19.6 Å². The molecule has 1 unspecified atom stereocenters. The zero-order valence-corrected chi connectivity index (χ0v) is 19.4. The fraction of sp³-hybridized carbons (Fsp3) is 0.600. The van der Waals surface area contributed by atoms with E-state index in [4.69, 9.17) is 9.47 Å². The molecule has 1 saturated heterocycles. The predicted octanol–water partition coefficient (Wildman–Crippen LogP) is 1.31. The minimum absolute atomic E-state index is 0.0926. The minimum Gasteiger partial charge on any atom is -0.493 e. The second-order valence-electron chi connectivity index (χ2n) is 7.56. The minimum atomic E-state index is -3.76. The lowest BCUT2D eigenvalue weighted by Gasteiger charge is -2.36. The molecule has 11 heteroatoms. The maximum atomic E-state index is 13.0. The number of hydrogen-bond donors (Lipinski definition) is 1. The van der Waals surface area contributed by atoms with Gasteiger partial charge >= 0.3 is 6.09 Å². The molecule has 31 heavy (non-hydrogen) atoms. The molecule has 0 aromatic heterocycles. The van der Waals surface area contributed by atoms with Crippen molar-refractivity contribution in [3.63, 3.8) is 0 Å². The van der Waals surface area contributed by atoms with Gasteiger partial charge in [0.15, 0.2) is 11.5 Å². The summed E-state index contributed by atoms with van der Waals surface area (Å²) in [7, 11) is 0.394. The van der Waals surface area contributed by atoms with Crippen molar-refractivity contribution >= 4 is 22.0 Å².